The summed E-state index contributed by atoms with van der Waals surface area (Å²) in [5.41, 5.74) is 6.64. The highest BCUT2D eigenvalue weighted by Crippen LogP contribution is 2.53. The van der Waals surface area contributed by atoms with Gasteiger partial charge in [-0.15, -0.1) is 0 Å². The van der Waals surface area contributed by atoms with Gasteiger partial charge < -0.3 is 4.90 Å². The molecule has 1 aliphatic rings. The molecule has 2 heterocycles. The fourth-order valence-corrected chi connectivity index (χ4v) is 6.86. The standard InChI is InChI=1S/C37H25N3S/c1-3-13-26(14-4-1)39(27-15-5-2-6-16-27)28-23-24-34-36(25-28)41-35-22-12-11-21-33(35)40(34)37-31-19-8-7-17-29(31)30-18-9-10-20-32(30)38-37/h1-25H. The van der Waals surface area contributed by atoms with Gasteiger partial charge in [0.1, 0.15) is 5.82 Å². The number of rotatable bonds is 4. The zero-order chi connectivity index (χ0) is 27.2. The smallest absolute Gasteiger partial charge is 0.146 e. The Balaban J connectivity index is 1.36. The largest absolute Gasteiger partial charge is 0.310 e. The second-order valence-corrected chi connectivity index (χ2v) is 11.1. The highest BCUT2D eigenvalue weighted by Gasteiger charge is 2.28. The van der Waals surface area contributed by atoms with Crippen LogP contribution in [0.15, 0.2) is 161 Å². The molecule has 41 heavy (non-hydrogen) atoms. The lowest BCUT2D eigenvalue weighted by Gasteiger charge is -2.34. The molecular formula is C37H25N3S. The molecule has 0 saturated heterocycles. The number of para-hydroxylation sites is 4. The Morgan fingerprint density at radius 3 is 1.80 bits per heavy atom. The van der Waals surface area contributed by atoms with Crippen molar-refractivity contribution in [1.29, 1.82) is 0 Å². The topological polar surface area (TPSA) is 19.4 Å². The first kappa shape index (κ1) is 23.8. The van der Waals surface area contributed by atoms with Gasteiger partial charge in [-0.1, -0.05) is 103 Å². The van der Waals surface area contributed by atoms with Crippen LogP contribution in [0.25, 0.3) is 21.7 Å². The number of anilines is 6. The molecule has 7 aromatic rings. The normalized spacial score (nSPS) is 12.2. The molecule has 3 nitrogen and oxygen atoms in total. The van der Waals surface area contributed by atoms with Gasteiger partial charge in [0.2, 0.25) is 0 Å². The van der Waals surface area contributed by atoms with Crippen LogP contribution in [0.4, 0.5) is 34.3 Å². The highest BCUT2D eigenvalue weighted by atomic mass is 32.2. The Labute approximate surface area is 243 Å². The van der Waals surface area contributed by atoms with Crippen LogP contribution >= 0.6 is 11.8 Å². The zero-order valence-electron chi connectivity index (χ0n) is 22.2. The number of benzene rings is 6. The van der Waals surface area contributed by atoms with Gasteiger partial charge in [-0.05, 0) is 66.0 Å². The van der Waals surface area contributed by atoms with Gasteiger partial charge in [0.05, 0.1) is 16.9 Å². The van der Waals surface area contributed by atoms with Crippen LogP contribution in [0, 0.1) is 0 Å². The molecule has 0 spiro atoms. The Kier molecular flexibility index (Phi) is 5.71. The summed E-state index contributed by atoms with van der Waals surface area (Å²) in [4.78, 5) is 12.3. The van der Waals surface area contributed by atoms with E-state index in [0.717, 1.165) is 45.2 Å². The molecule has 4 heteroatoms. The molecule has 0 aliphatic carbocycles. The van der Waals surface area contributed by atoms with Crippen LogP contribution in [-0.2, 0) is 0 Å². The summed E-state index contributed by atoms with van der Waals surface area (Å²) in [6.07, 6.45) is 0. The van der Waals surface area contributed by atoms with E-state index in [1.54, 1.807) is 0 Å². The molecule has 0 N–H and O–H groups in total. The quantitative estimate of drug-likeness (QED) is 0.206. The molecule has 0 unspecified atom stereocenters. The van der Waals surface area contributed by atoms with Crippen molar-refractivity contribution in [3.8, 4) is 0 Å². The summed E-state index contributed by atoms with van der Waals surface area (Å²) in [6, 6.07) is 53.6. The summed E-state index contributed by atoms with van der Waals surface area (Å²) in [7, 11) is 0. The Bertz CT molecular complexity index is 2000. The Hall–Kier alpha value is -5.06. The number of nitrogens with zero attached hydrogens (tertiary/aromatic N) is 3. The predicted molar refractivity (Wildman–Crippen MR) is 173 cm³/mol. The lowest BCUT2D eigenvalue weighted by Crippen LogP contribution is -2.17. The van der Waals surface area contributed by atoms with Crippen molar-refractivity contribution in [2.75, 3.05) is 9.80 Å². The van der Waals surface area contributed by atoms with Gasteiger partial charge >= 0.3 is 0 Å². The summed E-state index contributed by atoms with van der Waals surface area (Å²) < 4.78 is 0. The minimum Gasteiger partial charge on any atom is -0.310 e. The number of aromatic nitrogens is 1. The van der Waals surface area contributed by atoms with Crippen molar-refractivity contribution in [3.63, 3.8) is 0 Å². The third-order valence-electron chi connectivity index (χ3n) is 7.60. The van der Waals surface area contributed by atoms with Gasteiger partial charge in [0.15, 0.2) is 0 Å². The van der Waals surface area contributed by atoms with Gasteiger partial charge in [0.25, 0.3) is 0 Å². The molecule has 8 rings (SSSR count). The SMILES string of the molecule is c1ccc(N(c2ccccc2)c2ccc3c(c2)Sc2ccccc2N3c2nc3ccccc3c3ccccc23)cc1. The van der Waals surface area contributed by atoms with Crippen LogP contribution in [0.3, 0.4) is 0 Å². The van der Waals surface area contributed by atoms with Gasteiger partial charge in [0, 0.05) is 37.6 Å². The van der Waals surface area contributed by atoms with E-state index in [4.69, 9.17) is 4.98 Å². The van der Waals surface area contributed by atoms with E-state index in [0.29, 0.717) is 0 Å². The molecule has 0 saturated carbocycles. The Morgan fingerprint density at radius 1 is 0.463 bits per heavy atom. The van der Waals surface area contributed by atoms with Crippen LogP contribution in [-0.4, -0.2) is 4.98 Å². The highest BCUT2D eigenvalue weighted by molar-refractivity contribution is 7.99. The first-order chi connectivity index (χ1) is 20.3. The van der Waals surface area contributed by atoms with E-state index in [1.165, 1.54) is 20.6 Å². The fourth-order valence-electron chi connectivity index (χ4n) is 5.77. The first-order valence-corrected chi connectivity index (χ1v) is 14.6. The number of pyridine rings is 1. The van der Waals surface area contributed by atoms with Crippen LogP contribution < -0.4 is 9.80 Å². The molecule has 0 bridgehead atoms. The van der Waals surface area contributed by atoms with Crippen molar-refractivity contribution in [3.05, 3.63) is 152 Å². The van der Waals surface area contributed by atoms with Crippen molar-refractivity contribution in [1.82, 2.24) is 4.98 Å². The van der Waals surface area contributed by atoms with E-state index in [2.05, 4.69) is 161 Å². The van der Waals surface area contributed by atoms with Crippen LogP contribution in [0.5, 0.6) is 0 Å². The predicted octanol–water partition coefficient (Wildman–Crippen LogP) is 10.8. The summed E-state index contributed by atoms with van der Waals surface area (Å²) in [6.45, 7) is 0. The fraction of sp³-hybridized carbons (Fsp3) is 0. The molecule has 0 fully saturated rings. The first-order valence-electron chi connectivity index (χ1n) is 13.7. The maximum absolute atomic E-state index is 5.28. The van der Waals surface area contributed by atoms with E-state index in [9.17, 15) is 0 Å². The maximum Gasteiger partial charge on any atom is 0.146 e. The van der Waals surface area contributed by atoms with Gasteiger partial charge in [-0.25, -0.2) is 4.98 Å². The van der Waals surface area contributed by atoms with Gasteiger partial charge in [-0.3, -0.25) is 4.90 Å². The van der Waals surface area contributed by atoms with E-state index in [-0.39, 0.29) is 0 Å². The minimum atomic E-state index is 0.948. The molecular weight excluding hydrogens is 518 g/mol. The second kappa shape index (κ2) is 9.84. The van der Waals surface area contributed by atoms with Crippen molar-refractivity contribution in [2.45, 2.75) is 9.79 Å². The van der Waals surface area contributed by atoms with E-state index < -0.39 is 0 Å². The molecule has 1 aromatic heterocycles. The molecule has 6 aromatic carbocycles. The molecule has 0 amide bonds. The van der Waals surface area contributed by atoms with E-state index in [1.807, 2.05) is 11.8 Å². The van der Waals surface area contributed by atoms with Crippen molar-refractivity contribution in [2.24, 2.45) is 0 Å². The minimum absolute atomic E-state index is 0.948. The second-order valence-electron chi connectivity index (χ2n) is 10.1. The van der Waals surface area contributed by atoms with Crippen LogP contribution in [0.2, 0.25) is 0 Å². The lowest BCUT2D eigenvalue weighted by atomic mass is 10.0. The van der Waals surface area contributed by atoms with Gasteiger partial charge in [-0.2, -0.15) is 0 Å². The van der Waals surface area contributed by atoms with E-state index >= 15 is 0 Å². The third kappa shape index (κ3) is 4.03. The number of hydrogen-bond acceptors (Lipinski definition) is 4. The molecule has 0 radical (unpaired) electrons. The average Bonchev–Trinajstić information content (AvgIpc) is 3.04. The monoisotopic (exact) mass is 543 g/mol. The molecule has 194 valence electrons. The Morgan fingerprint density at radius 2 is 1.05 bits per heavy atom. The maximum atomic E-state index is 5.28. The molecule has 1 aliphatic heterocycles. The molecule has 0 atom stereocenters. The van der Waals surface area contributed by atoms with Crippen molar-refractivity contribution >= 4 is 67.7 Å². The average molecular weight is 544 g/mol. The number of hydrogen-bond donors (Lipinski definition) is 0. The summed E-state index contributed by atoms with van der Waals surface area (Å²) in [5, 5.41) is 3.52. The lowest BCUT2D eigenvalue weighted by molar-refractivity contribution is 1.13. The van der Waals surface area contributed by atoms with Crippen LogP contribution in [0.1, 0.15) is 0 Å². The summed E-state index contributed by atoms with van der Waals surface area (Å²) >= 11 is 1.82. The number of fused-ring (bicyclic) bond motifs is 5. The summed E-state index contributed by atoms with van der Waals surface area (Å²) in [5.74, 6) is 0.948. The van der Waals surface area contributed by atoms with Crippen molar-refractivity contribution < 1.29 is 0 Å². The zero-order valence-corrected chi connectivity index (χ0v) is 23.0. The third-order valence-corrected chi connectivity index (χ3v) is 8.71.